The minimum absolute atomic E-state index is 0.311. The Morgan fingerprint density at radius 3 is 2.95 bits per heavy atom. The van der Waals surface area contributed by atoms with Crippen molar-refractivity contribution in [3.8, 4) is 0 Å². The topological polar surface area (TPSA) is 41.3 Å². The van der Waals surface area contributed by atoms with Gasteiger partial charge in [-0.15, -0.1) is 0 Å². The fourth-order valence-corrected chi connectivity index (χ4v) is 3.73. The molecule has 112 valence electrons. The number of rotatable bonds is 3. The molecule has 0 amide bonds. The molecule has 2 aliphatic rings. The lowest BCUT2D eigenvalue weighted by atomic mass is 9.94. The molecule has 4 nitrogen and oxygen atoms in total. The highest BCUT2D eigenvalue weighted by Crippen LogP contribution is 2.30. The summed E-state index contributed by atoms with van der Waals surface area (Å²) in [6.45, 7) is 8.30. The Hall–Kier alpha value is -0.870. The lowest BCUT2D eigenvalue weighted by molar-refractivity contribution is 0.161. The van der Waals surface area contributed by atoms with Crippen LogP contribution in [0.1, 0.15) is 50.5 Å². The Labute approximate surface area is 121 Å². The van der Waals surface area contributed by atoms with E-state index < -0.39 is 0 Å². The van der Waals surface area contributed by atoms with Gasteiger partial charge in [0.1, 0.15) is 5.82 Å². The van der Waals surface area contributed by atoms with E-state index in [-0.39, 0.29) is 0 Å². The van der Waals surface area contributed by atoms with Gasteiger partial charge in [-0.1, -0.05) is 0 Å². The zero-order chi connectivity index (χ0) is 14.1. The normalized spacial score (nSPS) is 27.8. The van der Waals surface area contributed by atoms with Crippen LogP contribution in [0.4, 0.5) is 0 Å². The largest absolute Gasteiger partial charge is 0.396 e. The predicted octanol–water partition coefficient (Wildman–Crippen LogP) is 2.03. The number of likely N-dealkylation sites (tertiary alicyclic amines) is 1. The van der Waals surface area contributed by atoms with E-state index in [4.69, 9.17) is 4.98 Å². The molecular formula is C16H27N3O. The van der Waals surface area contributed by atoms with Crippen molar-refractivity contribution < 1.29 is 5.11 Å². The van der Waals surface area contributed by atoms with E-state index in [2.05, 4.69) is 23.3 Å². The first-order valence-electron chi connectivity index (χ1n) is 8.08. The molecule has 0 spiro atoms. The summed E-state index contributed by atoms with van der Waals surface area (Å²) < 4.78 is 2.43. The molecule has 0 aromatic carbocycles. The standard InChI is InChI=1S/C16H27N3O/c1-12(2)18-6-3-4-14(10-18)16-17-9-15-8-13(11-20)5-7-19(15)16/h9,12-14,20H,3-8,10-11H2,1-2H3. The third-order valence-electron chi connectivity index (χ3n) is 5.03. The maximum Gasteiger partial charge on any atom is 0.113 e. The Balaban J connectivity index is 1.76. The monoisotopic (exact) mass is 277 g/mol. The molecule has 1 aromatic rings. The molecule has 2 atom stereocenters. The van der Waals surface area contributed by atoms with Crippen molar-refractivity contribution in [3.05, 3.63) is 17.7 Å². The summed E-state index contributed by atoms with van der Waals surface area (Å²) in [6.07, 6.45) is 6.68. The van der Waals surface area contributed by atoms with Gasteiger partial charge in [-0.25, -0.2) is 4.98 Å². The van der Waals surface area contributed by atoms with Gasteiger partial charge in [0.25, 0.3) is 0 Å². The van der Waals surface area contributed by atoms with Crippen LogP contribution >= 0.6 is 0 Å². The Morgan fingerprint density at radius 2 is 2.20 bits per heavy atom. The van der Waals surface area contributed by atoms with Crippen LogP contribution in [0.15, 0.2) is 6.20 Å². The van der Waals surface area contributed by atoms with Crippen molar-refractivity contribution in [1.82, 2.24) is 14.5 Å². The first kappa shape index (κ1) is 14.1. The summed E-state index contributed by atoms with van der Waals surface area (Å²) >= 11 is 0. The SMILES string of the molecule is CC(C)N1CCCC(c2ncc3n2CCC(CO)C3)C1. The van der Waals surface area contributed by atoms with E-state index >= 15 is 0 Å². The summed E-state index contributed by atoms with van der Waals surface area (Å²) in [4.78, 5) is 7.32. The van der Waals surface area contributed by atoms with Crippen molar-refractivity contribution in [2.24, 2.45) is 5.92 Å². The molecule has 1 fully saturated rings. The zero-order valence-electron chi connectivity index (χ0n) is 12.8. The minimum atomic E-state index is 0.311. The van der Waals surface area contributed by atoms with Crippen LogP contribution in [0.3, 0.4) is 0 Å². The molecule has 4 heteroatoms. The van der Waals surface area contributed by atoms with Gasteiger partial charge in [-0.2, -0.15) is 0 Å². The summed E-state index contributed by atoms with van der Waals surface area (Å²) in [5.74, 6) is 2.32. The molecule has 3 rings (SSSR count). The molecule has 2 aliphatic heterocycles. The number of hydrogen-bond acceptors (Lipinski definition) is 3. The van der Waals surface area contributed by atoms with Crippen LogP contribution in [-0.4, -0.2) is 45.3 Å². The van der Waals surface area contributed by atoms with Crippen molar-refractivity contribution in [1.29, 1.82) is 0 Å². The van der Waals surface area contributed by atoms with Crippen LogP contribution in [0.2, 0.25) is 0 Å². The second kappa shape index (κ2) is 5.86. The Bertz CT molecular complexity index is 455. The first-order valence-corrected chi connectivity index (χ1v) is 8.08. The number of imidazole rings is 1. The highest BCUT2D eigenvalue weighted by atomic mass is 16.3. The average molecular weight is 277 g/mol. The molecule has 0 aliphatic carbocycles. The molecular weight excluding hydrogens is 250 g/mol. The summed E-state index contributed by atoms with van der Waals surface area (Å²) in [5.41, 5.74) is 1.33. The van der Waals surface area contributed by atoms with Gasteiger partial charge in [0, 0.05) is 43.5 Å². The van der Waals surface area contributed by atoms with E-state index in [9.17, 15) is 5.11 Å². The fourth-order valence-electron chi connectivity index (χ4n) is 3.73. The number of piperidine rings is 1. The van der Waals surface area contributed by atoms with Gasteiger partial charge < -0.3 is 14.6 Å². The highest BCUT2D eigenvalue weighted by molar-refractivity contribution is 5.13. The second-order valence-electron chi connectivity index (χ2n) is 6.73. The van der Waals surface area contributed by atoms with Gasteiger partial charge in [0.2, 0.25) is 0 Å². The molecule has 3 heterocycles. The van der Waals surface area contributed by atoms with E-state index in [0.29, 0.717) is 24.5 Å². The lowest BCUT2D eigenvalue weighted by Gasteiger charge is -2.36. The van der Waals surface area contributed by atoms with Crippen LogP contribution in [-0.2, 0) is 13.0 Å². The number of fused-ring (bicyclic) bond motifs is 1. The summed E-state index contributed by atoms with van der Waals surface area (Å²) in [7, 11) is 0. The van der Waals surface area contributed by atoms with Gasteiger partial charge in [0.05, 0.1) is 0 Å². The number of aliphatic hydroxyl groups is 1. The third-order valence-corrected chi connectivity index (χ3v) is 5.03. The lowest BCUT2D eigenvalue weighted by Crippen LogP contribution is -2.40. The molecule has 1 N–H and O–H groups in total. The van der Waals surface area contributed by atoms with Crippen molar-refractivity contribution in [3.63, 3.8) is 0 Å². The minimum Gasteiger partial charge on any atom is -0.396 e. The van der Waals surface area contributed by atoms with Gasteiger partial charge in [0.15, 0.2) is 0 Å². The van der Waals surface area contributed by atoms with E-state index in [1.54, 1.807) is 0 Å². The number of aliphatic hydroxyl groups excluding tert-OH is 1. The molecule has 0 saturated carbocycles. The zero-order valence-corrected chi connectivity index (χ0v) is 12.8. The van der Waals surface area contributed by atoms with Crippen molar-refractivity contribution in [2.45, 2.75) is 58.0 Å². The van der Waals surface area contributed by atoms with Crippen molar-refractivity contribution in [2.75, 3.05) is 19.7 Å². The first-order chi connectivity index (χ1) is 9.69. The highest BCUT2D eigenvalue weighted by Gasteiger charge is 2.29. The maximum absolute atomic E-state index is 9.33. The average Bonchev–Trinajstić information content (AvgIpc) is 2.90. The third kappa shape index (κ3) is 2.63. The Kier molecular flexibility index (Phi) is 4.13. The second-order valence-corrected chi connectivity index (χ2v) is 6.73. The van der Waals surface area contributed by atoms with Crippen LogP contribution in [0.25, 0.3) is 0 Å². The smallest absolute Gasteiger partial charge is 0.113 e. The quantitative estimate of drug-likeness (QED) is 0.919. The van der Waals surface area contributed by atoms with Crippen LogP contribution in [0.5, 0.6) is 0 Å². The Morgan fingerprint density at radius 1 is 1.35 bits per heavy atom. The molecule has 2 unspecified atom stereocenters. The van der Waals surface area contributed by atoms with E-state index in [1.165, 1.54) is 30.9 Å². The molecule has 1 aromatic heterocycles. The molecule has 0 radical (unpaired) electrons. The number of hydrogen-bond donors (Lipinski definition) is 1. The van der Waals surface area contributed by atoms with Crippen LogP contribution in [0, 0.1) is 5.92 Å². The van der Waals surface area contributed by atoms with Gasteiger partial charge in [-0.05, 0) is 52.0 Å². The van der Waals surface area contributed by atoms with E-state index in [1.807, 2.05) is 6.20 Å². The van der Waals surface area contributed by atoms with Gasteiger partial charge in [-0.3, -0.25) is 0 Å². The van der Waals surface area contributed by atoms with Gasteiger partial charge >= 0.3 is 0 Å². The predicted molar refractivity (Wildman–Crippen MR) is 79.8 cm³/mol. The molecule has 1 saturated heterocycles. The maximum atomic E-state index is 9.33. The fraction of sp³-hybridized carbons (Fsp3) is 0.812. The summed E-state index contributed by atoms with van der Waals surface area (Å²) in [6, 6.07) is 0.632. The molecule has 20 heavy (non-hydrogen) atoms. The number of aromatic nitrogens is 2. The van der Waals surface area contributed by atoms with E-state index in [0.717, 1.165) is 25.9 Å². The van der Waals surface area contributed by atoms with Crippen molar-refractivity contribution >= 4 is 0 Å². The number of nitrogens with zero attached hydrogens (tertiary/aromatic N) is 3. The summed E-state index contributed by atoms with van der Waals surface area (Å²) in [5, 5.41) is 9.33. The van der Waals surface area contributed by atoms with Crippen LogP contribution < -0.4 is 0 Å². The molecule has 0 bridgehead atoms.